The minimum absolute atomic E-state index is 0.0273. The fourth-order valence-corrected chi connectivity index (χ4v) is 4.73. The molecule has 14 nitrogen and oxygen atoms in total. The molecule has 3 N–H and O–H groups in total. The van der Waals surface area contributed by atoms with Crippen molar-refractivity contribution in [2.45, 2.75) is 51.5 Å². The van der Waals surface area contributed by atoms with Crippen LogP contribution in [0.3, 0.4) is 0 Å². The molecule has 0 saturated carbocycles. The van der Waals surface area contributed by atoms with Crippen LogP contribution in [0.4, 0.5) is 19.0 Å². The number of halogens is 3. The standard InChI is InChI=1S/C27H30F3N9O5/c1-43-12-13-44-25-34-22(31)21-23(35-25)38(26(42)33-21)14-17-4-2-16(3-5-17)6-7-18(40)8-9-20(41)37-10-11-39-19(15-37)32-24(36-39)27(28,29)30/h2-5H,6-15H2,1H3,(H,33,42)(H2,31,34,35). The summed E-state index contributed by atoms with van der Waals surface area (Å²) in [6.45, 7) is 0.972. The van der Waals surface area contributed by atoms with E-state index >= 15 is 0 Å². The smallest absolute Gasteiger partial charge is 0.453 e. The largest absolute Gasteiger partial charge is 0.461 e. The van der Waals surface area contributed by atoms with Gasteiger partial charge in [-0.2, -0.15) is 23.1 Å². The molecular formula is C27H30F3N9O5. The fraction of sp³-hybridized carbons (Fsp3) is 0.444. The molecule has 234 valence electrons. The average molecular weight is 618 g/mol. The van der Waals surface area contributed by atoms with Crippen LogP contribution < -0.4 is 16.2 Å². The molecule has 17 heteroatoms. The van der Waals surface area contributed by atoms with Crippen LogP contribution in [0.15, 0.2) is 29.1 Å². The molecule has 44 heavy (non-hydrogen) atoms. The number of fused-ring (bicyclic) bond motifs is 2. The first-order chi connectivity index (χ1) is 21.0. The van der Waals surface area contributed by atoms with Crippen molar-refractivity contribution in [3.05, 3.63) is 57.5 Å². The molecule has 0 radical (unpaired) electrons. The fourth-order valence-electron chi connectivity index (χ4n) is 4.73. The maximum Gasteiger partial charge on any atom is 0.453 e. The number of nitrogens with one attached hydrogen (secondary N) is 1. The van der Waals surface area contributed by atoms with E-state index in [4.69, 9.17) is 15.2 Å². The number of ether oxygens (including phenoxy) is 2. The molecule has 0 fully saturated rings. The van der Waals surface area contributed by atoms with Crippen molar-refractivity contribution in [3.63, 3.8) is 0 Å². The lowest BCUT2D eigenvalue weighted by Crippen LogP contribution is -2.38. The molecule has 0 bridgehead atoms. The zero-order valence-electron chi connectivity index (χ0n) is 23.8. The Kier molecular flexibility index (Phi) is 8.93. The molecule has 0 spiro atoms. The number of alkyl halides is 3. The molecule has 0 saturated heterocycles. The number of nitrogens with two attached hydrogens (primary N) is 1. The zero-order valence-corrected chi connectivity index (χ0v) is 23.8. The summed E-state index contributed by atoms with van der Waals surface area (Å²) in [4.78, 5) is 53.7. The van der Waals surface area contributed by atoms with E-state index in [1.807, 2.05) is 24.3 Å². The number of ketones is 1. The summed E-state index contributed by atoms with van der Waals surface area (Å²) in [5, 5.41) is 3.45. The van der Waals surface area contributed by atoms with Crippen LogP contribution in [0, 0.1) is 0 Å². The zero-order chi connectivity index (χ0) is 31.4. The van der Waals surface area contributed by atoms with E-state index in [0.717, 1.165) is 15.8 Å². The van der Waals surface area contributed by atoms with E-state index in [0.29, 0.717) is 24.2 Å². The van der Waals surface area contributed by atoms with E-state index in [-0.39, 0.29) is 81.4 Å². The number of methoxy groups -OCH3 is 1. The number of hydrogen-bond donors (Lipinski definition) is 2. The lowest BCUT2D eigenvalue weighted by molar-refractivity contribution is -0.145. The minimum Gasteiger partial charge on any atom is -0.461 e. The Hall–Kier alpha value is -4.80. The van der Waals surface area contributed by atoms with E-state index in [2.05, 4.69) is 25.0 Å². The molecule has 1 aromatic carbocycles. The highest BCUT2D eigenvalue weighted by Crippen LogP contribution is 2.27. The average Bonchev–Trinajstić information content (AvgIpc) is 3.57. The number of aromatic nitrogens is 7. The van der Waals surface area contributed by atoms with Gasteiger partial charge in [0.05, 0.1) is 26.2 Å². The first-order valence-electron chi connectivity index (χ1n) is 13.8. The first-order valence-corrected chi connectivity index (χ1v) is 13.8. The van der Waals surface area contributed by atoms with E-state index in [1.54, 1.807) is 0 Å². The van der Waals surface area contributed by atoms with Gasteiger partial charge in [0.15, 0.2) is 11.5 Å². The lowest BCUT2D eigenvalue weighted by Gasteiger charge is -2.26. The summed E-state index contributed by atoms with van der Waals surface area (Å²) in [6, 6.07) is 7.43. The highest BCUT2D eigenvalue weighted by atomic mass is 19.4. The van der Waals surface area contributed by atoms with Gasteiger partial charge in [0, 0.05) is 32.9 Å². The number of hydrogen-bond acceptors (Lipinski definition) is 10. The van der Waals surface area contributed by atoms with Crippen LogP contribution in [0.1, 0.15) is 42.0 Å². The topological polar surface area (TPSA) is 176 Å². The number of Topliss-reactive ketones (excluding diaryl/α,β-unsaturated/α-hetero) is 1. The van der Waals surface area contributed by atoms with Gasteiger partial charge in [-0.1, -0.05) is 24.3 Å². The predicted octanol–water partition coefficient (Wildman–Crippen LogP) is 1.71. The summed E-state index contributed by atoms with van der Waals surface area (Å²) in [7, 11) is 1.54. The number of nitrogens with zero attached hydrogens (tertiary/aromatic N) is 7. The maximum atomic E-state index is 12.9. The number of H-pyrrole nitrogens is 1. The molecule has 4 heterocycles. The number of carbonyl (C=O) groups excluding carboxylic acids is 2. The molecule has 4 aromatic rings. The van der Waals surface area contributed by atoms with Gasteiger partial charge in [0.1, 0.15) is 23.7 Å². The number of anilines is 1. The van der Waals surface area contributed by atoms with Crippen molar-refractivity contribution in [1.82, 2.24) is 39.2 Å². The summed E-state index contributed by atoms with van der Waals surface area (Å²) >= 11 is 0. The Morgan fingerprint density at radius 1 is 1.02 bits per heavy atom. The van der Waals surface area contributed by atoms with E-state index in [1.165, 1.54) is 16.6 Å². The van der Waals surface area contributed by atoms with Gasteiger partial charge in [-0.25, -0.2) is 14.5 Å². The van der Waals surface area contributed by atoms with Crippen molar-refractivity contribution in [2.24, 2.45) is 0 Å². The van der Waals surface area contributed by atoms with Gasteiger partial charge in [-0.3, -0.25) is 14.2 Å². The van der Waals surface area contributed by atoms with Crippen LogP contribution >= 0.6 is 0 Å². The number of carbonyl (C=O) groups is 2. The predicted molar refractivity (Wildman–Crippen MR) is 148 cm³/mol. The van der Waals surface area contributed by atoms with Crippen LogP contribution in [0.5, 0.6) is 6.01 Å². The van der Waals surface area contributed by atoms with Crippen LogP contribution in [-0.4, -0.2) is 77.7 Å². The van der Waals surface area contributed by atoms with Crippen molar-refractivity contribution in [1.29, 1.82) is 0 Å². The van der Waals surface area contributed by atoms with Crippen molar-refractivity contribution in [3.8, 4) is 6.01 Å². The lowest BCUT2D eigenvalue weighted by atomic mass is 10.0. The summed E-state index contributed by atoms with van der Waals surface area (Å²) in [5.74, 6) is -1.50. The Morgan fingerprint density at radius 2 is 1.77 bits per heavy atom. The molecular weight excluding hydrogens is 587 g/mol. The third kappa shape index (κ3) is 7.04. The molecule has 1 amide bonds. The van der Waals surface area contributed by atoms with E-state index in [9.17, 15) is 27.6 Å². The third-order valence-corrected chi connectivity index (χ3v) is 7.09. The van der Waals surface area contributed by atoms with E-state index < -0.39 is 17.7 Å². The number of aromatic amines is 1. The number of aryl methyl sites for hydroxylation is 1. The van der Waals surface area contributed by atoms with Gasteiger partial charge in [-0.05, 0) is 17.5 Å². The van der Waals surface area contributed by atoms with Gasteiger partial charge in [0.2, 0.25) is 5.91 Å². The third-order valence-electron chi connectivity index (χ3n) is 7.09. The Morgan fingerprint density at radius 3 is 2.50 bits per heavy atom. The Bertz CT molecular complexity index is 1710. The number of imidazole rings is 1. The number of nitrogen functional groups attached to an aromatic ring is 1. The normalized spacial score (nSPS) is 13.3. The second-order valence-corrected chi connectivity index (χ2v) is 10.2. The number of benzene rings is 1. The van der Waals surface area contributed by atoms with Crippen molar-refractivity contribution < 1.29 is 32.2 Å². The number of amides is 1. The monoisotopic (exact) mass is 617 g/mol. The summed E-state index contributed by atoms with van der Waals surface area (Å²) < 4.78 is 51.6. The van der Waals surface area contributed by atoms with Gasteiger partial charge >= 0.3 is 17.9 Å². The second kappa shape index (κ2) is 12.8. The van der Waals surface area contributed by atoms with Gasteiger partial charge in [0.25, 0.3) is 5.82 Å². The van der Waals surface area contributed by atoms with Crippen molar-refractivity contribution in [2.75, 3.05) is 32.6 Å². The quantitative estimate of drug-likeness (QED) is 0.223. The first kappa shape index (κ1) is 30.7. The SMILES string of the molecule is COCCOc1nc(N)c2[nH]c(=O)n(Cc3ccc(CCC(=O)CCC(=O)N4CCn5nc(C(F)(F)F)nc5C4)cc3)c2n1. The summed E-state index contributed by atoms with van der Waals surface area (Å²) in [6.07, 6.45) is -3.99. The molecule has 0 unspecified atom stereocenters. The van der Waals surface area contributed by atoms with Gasteiger partial charge in [-0.15, -0.1) is 5.10 Å². The second-order valence-electron chi connectivity index (χ2n) is 10.2. The molecule has 5 rings (SSSR count). The Labute approximate surface area is 248 Å². The van der Waals surface area contributed by atoms with Gasteiger partial charge < -0.3 is 25.1 Å². The molecule has 3 aromatic heterocycles. The molecule has 1 aliphatic heterocycles. The van der Waals surface area contributed by atoms with Crippen LogP contribution in [-0.2, 0) is 46.6 Å². The molecule has 0 atom stereocenters. The highest BCUT2D eigenvalue weighted by molar-refractivity contribution is 5.85. The minimum atomic E-state index is -4.66. The van der Waals surface area contributed by atoms with Crippen LogP contribution in [0.2, 0.25) is 0 Å². The Balaban J connectivity index is 1.11. The van der Waals surface area contributed by atoms with Crippen LogP contribution in [0.25, 0.3) is 11.2 Å². The summed E-state index contributed by atoms with van der Waals surface area (Å²) in [5.41, 5.74) is 7.90. The van der Waals surface area contributed by atoms with Crippen molar-refractivity contribution >= 4 is 28.7 Å². The maximum absolute atomic E-state index is 12.9. The highest BCUT2D eigenvalue weighted by Gasteiger charge is 2.38. The molecule has 0 aliphatic carbocycles. The number of rotatable bonds is 12. The molecule has 1 aliphatic rings.